The Morgan fingerprint density at radius 1 is 1.03 bits per heavy atom. The Kier molecular flexibility index (Phi) is 5.28. The molecule has 0 aliphatic carbocycles. The standard InChI is InChI=1S/C26H22Cl2N6O2/c1-26(2)17-7-6-16(32-8-9-33(22(35)14-32)13-15-11-30-21(28)12-29-15)10-20(17)34-19-5-3-4-18(27)23(19)24(36)31-25(26)34/h3-7,10-12H,8-9,13-14H2,1-2H3. The zero-order chi connectivity index (χ0) is 25.2. The van der Waals surface area contributed by atoms with Crippen molar-refractivity contribution in [3.05, 3.63) is 86.4 Å². The van der Waals surface area contributed by atoms with Gasteiger partial charge >= 0.3 is 0 Å². The van der Waals surface area contributed by atoms with Crippen molar-refractivity contribution in [2.24, 2.45) is 0 Å². The van der Waals surface area contributed by atoms with Gasteiger partial charge in [0.15, 0.2) is 0 Å². The largest absolute Gasteiger partial charge is 0.360 e. The Labute approximate surface area is 217 Å². The SMILES string of the molecule is CC1(C)c2ccc(N3CCN(Cc4cnc(Cl)cn4)C(=O)C3)cc2-n2c1nc(=O)c1c(Cl)cccc12. The number of amides is 1. The molecule has 0 atom stereocenters. The molecule has 0 saturated carbocycles. The van der Waals surface area contributed by atoms with Gasteiger partial charge in [0.1, 0.15) is 11.0 Å². The molecule has 1 saturated heterocycles. The lowest BCUT2D eigenvalue weighted by Crippen LogP contribution is -2.50. The van der Waals surface area contributed by atoms with E-state index in [0.717, 1.165) is 22.5 Å². The lowest BCUT2D eigenvalue weighted by Gasteiger charge is -2.35. The number of fused-ring (bicyclic) bond motifs is 5. The first kappa shape index (κ1) is 22.9. The Balaban J connectivity index is 1.35. The third-order valence-corrected chi connectivity index (χ3v) is 7.54. The fraction of sp³-hybridized carbons (Fsp3) is 0.269. The van der Waals surface area contributed by atoms with Crippen LogP contribution in [-0.4, -0.2) is 50.0 Å². The van der Waals surface area contributed by atoms with Crippen LogP contribution in [0, 0.1) is 0 Å². The van der Waals surface area contributed by atoms with Gasteiger partial charge in [-0.15, -0.1) is 0 Å². The van der Waals surface area contributed by atoms with Gasteiger partial charge in [0, 0.05) is 18.8 Å². The Bertz CT molecular complexity index is 1600. The van der Waals surface area contributed by atoms with Gasteiger partial charge in [0.25, 0.3) is 5.56 Å². The number of nitrogens with zero attached hydrogens (tertiary/aromatic N) is 6. The summed E-state index contributed by atoms with van der Waals surface area (Å²) in [5, 5.41) is 1.12. The molecule has 2 aliphatic heterocycles. The van der Waals surface area contributed by atoms with Crippen molar-refractivity contribution < 1.29 is 4.79 Å². The molecule has 182 valence electrons. The summed E-state index contributed by atoms with van der Waals surface area (Å²) in [6.45, 7) is 6.02. The van der Waals surface area contributed by atoms with E-state index in [1.807, 2.05) is 22.8 Å². The number of hydrogen-bond donors (Lipinski definition) is 0. The molecule has 8 nitrogen and oxygen atoms in total. The van der Waals surface area contributed by atoms with Crippen LogP contribution in [0.4, 0.5) is 5.69 Å². The van der Waals surface area contributed by atoms with Crippen LogP contribution in [0.2, 0.25) is 10.2 Å². The zero-order valence-electron chi connectivity index (χ0n) is 19.7. The fourth-order valence-corrected chi connectivity index (χ4v) is 5.50. The Hall–Kier alpha value is -3.49. The predicted molar refractivity (Wildman–Crippen MR) is 139 cm³/mol. The highest BCUT2D eigenvalue weighted by Gasteiger charge is 2.39. The van der Waals surface area contributed by atoms with E-state index in [2.05, 4.69) is 45.8 Å². The highest BCUT2D eigenvalue weighted by Crippen LogP contribution is 2.44. The second-order valence-electron chi connectivity index (χ2n) is 9.60. The van der Waals surface area contributed by atoms with Crippen LogP contribution in [0.25, 0.3) is 16.6 Å². The maximum absolute atomic E-state index is 13.0. The quantitative estimate of drug-likeness (QED) is 0.406. The third kappa shape index (κ3) is 3.55. The minimum Gasteiger partial charge on any atom is -0.360 e. The number of benzene rings is 2. The average Bonchev–Trinajstić information content (AvgIpc) is 3.08. The summed E-state index contributed by atoms with van der Waals surface area (Å²) in [6.07, 6.45) is 3.08. The topological polar surface area (TPSA) is 84.2 Å². The lowest BCUT2D eigenvalue weighted by molar-refractivity contribution is -0.131. The van der Waals surface area contributed by atoms with E-state index in [-0.39, 0.29) is 18.0 Å². The number of aromatic nitrogens is 4. The van der Waals surface area contributed by atoms with Gasteiger partial charge in [-0.1, -0.05) is 35.3 Å². The number of piperazine rings is 1. The summed E-state index contributed by atoms with van der Waals surface area (Å²) in [5.74, 6) is 0.696. The molecule has 4 heterocycles. The maximum Gasteiger partial charge on any atom is 0.282 e. The monoisotopic (exact) mass is 520 g/mol. The average molecular weight is 521 g/mol. The van der Waals surface area contributed by atoms with Gasteiger partial charge < -0.3 is 9.80 Å². The zero-order valence-corrected chi connectivity index (χ0v) is 21.2. The van der Waals surface area contributed by atoms with Gasteiger partial charge in [0.05, 0.1) is 58.2 Å². The summed E-state index contributed by atoms with van der Waals surface area (Å²) in [4.78, 5) is 42.4. The number of carbonyl (C=O) groups excluding carboxylic acids is 1. The molecule has 2 aromatic carbocycles. The summed E-state index contributed by atoms with van der Waals surface area (Å²) >= 11 is 12.2. The molecule has 2 aliphatic rings. The van der Waals surface area contributed by atoms with Crippen molar-refractivity contribution in [3.63, 3.8) is 0 Å². The van der Waals surface area contributed by atoms with Gasteiger partial charge in [-0.05, 0) is 43.7 Å². The molecule has 36 heavy (non-hydrogen) atoms. The molecule has 2 aromatic heterocycles. The number of halogens is 2. The third-order valence-electron chi connectivity index (χ3n) is 7.03. The molecule has 0 radical (unpaired) electrons. The number of anilines is 1. The van der Waals surface area contributed by atoms with Crippen LogP contribution in [0.15, 0.2) is 53.6 Å². The highest BCUT2D eigenvalue weighted by molar-refractivity contribution is 6.35. The van der Waals surface area contributed by atoms with Crippen LogP contribution in [0.3, 0.4) is 0 Å². The van der Waals surface area contributed by atoms with Crippen LogP contribution in [0.5, 0.6) is 0 Å². The molecular formula is C26H22Cl2N6O2. The lowest BCUT2D eigenvalue weighted by atomic mass is 9.85. The predicted octanol–water partition coefficient (Wildman–Crippen LogP) is 3.97. The highest BCUT2D eigenvalue weighted by atomic mass is 35.5. The summed E-state index contributed by atoms with van der Waals surface area (Å²) in [5.41, 5.74) is 3.59. The fourth-order valence-electron chi connectivity index (χ4n) is 5.15. The molecule has 0 unspecified atom stereocenters. The van der Waals surface area contributed by atoms with E-state index in [4.69, 9.17) is 23.2 Å². The minimum absolute atomic E-state index is 0.0155. The molecule has 0 bridgehead atoms. The van der Waals surface area contributed by atoms with Crippen LogP contribution < -0.4 is 10.5 Å². The van der Waals surface area contributed by atoms with Crippen molar-refractivity contribution >= 4 is 45.7 Å². The molecule has 10 heteroatoms. The van der Waals surface area contributed by atoms with Gasteiger partial charge in [0.2, 0.25) is 5.91 Å². The maximum atomic E-state index is 13.0. The number of hydrogen-bond acceptors (Lipinski definition) is 6. The Morgan fingerprint density at radius 3 is 2.61 bits per heavy atom. The van der Waals surface area contributed by atoms with Crippen LogP contribution in [-0.2, 0) is 16.8 Å². The molecular weight excluding hydrogens is 499 g/mol. The first-order valence-electron chi connectivity index (χ1n) is 11.6. The van der Waals surface area contributed by atoms with Crippen molar-refractivity contribution in [3.8, 4) is 5.69 Å². The molecule has 1 amide bonds. The number of rotatable bonds is 3. The normalized spacial score (nSPS) is 16.4. The van der Waals surface area contributed by atoms with Gasteiger partial charge in [-0.2, -0.15) is 4.98 Å². The summed E-state index contributed by atoms with van der Waals surface area (Å²) in [6, 6.07) is 11.6. The van der Waals surface area contributed by atoms with Crippen molar-refractivity contribution in [1.29, 1.82) is 0 Å². The van der Waals surface area contributed by atoms with E-state index in [9.17, 15) is 9.59 Å². The second-order valence-corrected chi connectivity index (χ2v) is 10.4. The second kappa shape index (κ2) is 8.28. The van der Waals surface area contributed by atoms with Crippen LogP contribution in [0.1, 0.15) is 30.9 Å². The van der Waals surface area contributed by atoms with E-state index in [0.29, 0.717) is 46.7 Å². The molecule has 0 spiro atoms. The first-order valence-corrected chi connectivity index (χ1v) is 12.4. The van der Waals surface area contributed by atoms with Crippen molar-refractivity contribution in [1.82, 2.24) is 24.4 Å². The first-order chi connectivity index (χ1) is 17.2. The van der Waals surface area contributed by atoms with E-state index >= 15 is 0 Å². The van der Waals surface area contributed by atoms with Gasteiger partial charge in [-0.25, -0.2) is 4.98 Å². The van der Waals surface area contributed by atoms with E-state index in [1.54, 1.807) is 17.2 Å². The number of carbonyl (C=O) groups is 1. The molecule has 0 N–H and O–H groups in total. The van der Waals surface area contributed by atoms with Crippen molar-refractivity contribution in [2.45, 2.75) is 25.8 Å². The molecule has 6 rings (SSSR count). The van der Waals surface area contributed by atoms with E-state index < -0.39 is 5.41 Å². The smallest absolute Gasteiger partial charge is 0.282 e. The molecule has 4 aromatic rings. The van der Waals surface area contributed by atoms with Crippen LogP contribution >= 0.6 is 23.2 Å². The molecule has 1 fully saturated rings. The van der Waals surface area contributed by atoms with Crippen molar-refractivity contribution in [2.75, 3.05) is 24.5 Å². The summed E-state index contributed by atoms with van der Waals surface area (Å²) < 4.78 is 2.03. The Morgan fingerprint density at radius 2 is 1.86 bits per heavy atom. The van der Waals surface area contributed by atoms with Gasteiger partial charge in [-0.3, -0.25) is 19.1 Å². The van der Waals surface area contributed by atoms with E-state index in [1.165, 1.54) is 6.20 Å². The summed E-state index contributed by atoms with van der Waals surface area (Å²) in [7, 11) is 0. The minimum atomic E-state index is -0.461.